The van der Waals surface area contributed by atoms with Crippen LogP contribution >= 0.6 is 0 Å². The average Bonchev–Trinajstić information content (AvgIpc) is 2.16. The van der Waals surface area contributed by atoms with E-state index in [2.05, 4.69) is 4.84 Å². The third-order valence-corrected chi connectivity index (χ3v) is 1.72. The second kappa shape index (κ2) is 4.69. The van der Waals surface area contributed by atoms with Gasteiger partial charge in [-0.3, -0.25) is 4.79 Å². The second-order valence-electron chi connectivity index (χ2n) is 2.58. The van der Waals surface area contributed by atoms with Crippen molar-refractivity contribution in [3.63, 3.8) is 0 Å². The molecule has 0 unspecified atom stereocenters. The first kappa shape index (κ1) is 9.83. The van der Waals surface area contributed by atoms with Crippen LogP contribution < -0.4 is 5.90 Å². The Morgan fingerprint density at radius 3 is 2.92 bits per heavy atom. The molecule has 1 aromatic carbocycles. The van der Waals surface area contributed by atoms with Crippen molar-refractivity contribution < 1.29 is 14.0 Å². The molecule has 0 heterocycles. The topological polar surface area (TPSA) is 52.3 Å². The van der Waals surface area contributed by atoms with Crippen molar-refractivity contribution in [3.8, 4) is 0 Å². The molecule has 1 aromatic rings. The molecular formula is C9H10FNO2. The third-order valence-electron chi connectivity index (χ3n) is 1.72. The van der Waals surface area contributed by atoms with E-state index in [1.165, 1.54) is 12.1 Å². The molecule has 0 atom stereocenters. The van der Waals surface area contributed by atoms with Crippen molar-refractivity contribution in [1.29, 1.82) is 0 Å². The zero-order chi connectivity index (χ0) is 9.68. The van der Waals surface area contributed by atoms with Gasteiger partial charge < -0.3 is 4.84 Å². The first-order valence-corrected chi connectivity index (χ1v) is 3.83. The zero-order valence-corrected chi connectivity index (χ0v) is 7.00. The molecule has 0 aliphatic carbocycles. The lowest BCUT2D eigenvalue weighted by Crippen LogP contribution is -2.05. The molecule has 0 fully saturated rings. The number of nitrogens with two attached hydrogens (primary N) is 1. The molecule has 0 amide bonds. The molecule has 0 saturated heterocycles. The Kier molecular flexibility index (Phi) is 3.54. The van der Waals surface area contributed by atoms with Crippen molar-refractivity contribution in [1.82, 2.24) is 0 Å². The normalized spacial score (nSPS) is 10.0. The molecule has 0 aromatic heterocycles. The lowest BCUT2D eigenvalue weighted by molar-refractivity contribution is 0.112. The first-order valence-electron chi connectivity index (χ1n) is 3.83. The third kappa shape index (κ3) is 2.61. The standard InChI is InChI=1S/C9H10FNO2/c10-9-2-1-7(3-4-13-11)8(5-9)6-12/h1-2,5-6H,3-4,11H2. The van der Waals surface area contributed by atoms with Gasteiger partial charge in [0.05, 0.1) is 6.61 Å². The average molecular weight is 183 g/mol. The van der Waals surface area contributed by atoms with Crippen molar-refractivity contribution in [2.24, 2.45) is 5.90 Å². The molecule has 13 heavy (non-hydrogen) atoms. The Hall–Kier alpha value is -1.26. The van der Waals surface area contributed by atoms with Gasteiger partial charge in [0.2, 0.25) is 0 Å². The molecule has 0 aliphatic heterocycles. The lowest BCUT2D eigenvalue weighted by atomic mass is 10.1. The number of hydrogen-bond donors (Lipinski definition) is 1. The molecule has 4 heteroatoms. The van der Waals surface area contributed by atoms with E-state index < -0.39 is 5.82 Å². The van der Waals surface area contributed by atoms with E-state index in [-0.39, 0.29) is 0 Å². The Labute approximate surface area is 75.3 Å². The fourth-order valence-electron chi connectivity index (χ4n) is 1.07. The van der Waals surface area contributed by atoms with Gasteiger partial charge >= 0.3 is 0 Å². The summed E-state index contributed by atoms with van der Waals surface area (Å²) in [7, 11) is 0. The first-order chi connectivity index (χ1) is 6.27. The Balaban J connectivity index is 2.86. The number of carbonyl (C=O) groups is 1. The highest BCUT2D eigenvalue weighted by Crippen LogP contribution is 2.09. The maximum atomic E-state index is 12.6. The van der Waals surface area contributed by atoms with Crippen LogP contribution in [0.4, 0.5) is 4.39 Å². The van der Waals surface area contributed by atoms with Gasteiger partial charge in [0.1, 0.15) is 12.1 Å². The molecule has 0 spiro atoms. The second-order valence-corrected chi connectivity index (χ2v) is 2.58. The summed E-state index contributed by atoms with van der Waals surface area (Å²) in [5.74, 6) is 4.42. The molecule has 0 bridgehead atoms. The van der Waals surface area contributed by atoms with Gasteiger partial charge in [0.25, 0.3) is 0 Å². The number of hydrogen-bond acceptors (Lipinski definition) is 3. The highest BCUT2D eigenvalue weighted by Gasteiger charge is 2.02. The number of benzene rings is 1. The number of rotatable bonds is 4. The molecule has 2 N–H and O–H groups in total. The Morgan fingerprint density at radius 2 is 2.31 bits per heavy atom. The summed E-state index contributed by atoms with van der Waals surface area (Å²) in [5.41, 5.74) is 1.08. The van der Waals surface area contributed by atoms with E-state index in [1.54, 1.807) is 6.07 Å². The highest BCUT2D eigenvalue weighted by atomic mass is 19.1. The van der Waals surface area contributed by atoms with E-state index in [0.717, 1.165) is 5.56 Å². The van der Waals surface area contributed by atoms with E-state index >= 15 is 0 Å². The lowest BCUT2D eigenvalue weighted by Gasteiger charge is -2.02. The number of carbonyl (C=O) groups excluding carboxylic acids is 1. The van der Waals surface area contributed by atoms with Crippen LogP contribution in [0.1, 0.15) is 15.9 Å². The van der Waals surface area contributed by atoms with Crippen LogP contribution in [-0.4, -0.2) is 12.9 Å². The van der Waals surface area contributed by atoms with Crippen molar-refractivity contribution in [3.05, 3.63) is 35.1 Å². The van der Waals surface area contributed by atoms with E-state index in [0.29, 0.717) is 24.9 Å². The van der Waals surface area contributed by atoms with Crippen LogP contribution in [0.15, 0.2) is 18.2 Å². The zero-order valence-electron chi connectivity index (χ0n) is 7.00. The summed E-state index contributed by atoms with van der Waals surface area (Å²) >= 11 is 0. The van der Waals surface area contributed by atoms with Crippen LogP contribution in [0.2, 0.25) is 0 Å². The van der Waals surface area contributed by atoms with Crippen LogP contribution in [0, 0.1) is 5.82 Å². The fourth-order valence-corrected chi connectivity index (χ4v) is 1.07. The van der Waals surface area contributed by atoms with Gasteiger partial charge in [0.15, 0.2) is 0 Å². The van der Waals surface area contributed by atoms with Gasteiger partial charge in [-0.05, 0) is 24.1 Å². The van der Waals surface area contributed by atoms with Gasteiger partial charge in [-0.1, -0.05) is 6.07 Å². The minimum atomic E-state index is -0.417. The van der Waals surface area contributed by atoms with Crippen molar-refractivity contribution in [2.45, 2.75) is 6.42 Å². The minimum Gasteiger partial charge on any atom is -0.304 e. The Bertz CT molecular complexity index is 302. The van der Waals surface area contributed by atoms with Crippen LogP contribution in [-0.2, 0) is 11.3 Å². The number of halogens is 1. The number of aldehydes is 1. The summed E-state index contributed by atoms with van der Waals surface area (Å²) < 4.78 is 12.6. The van der Waals surface area contributed by atoms with Crippen LogP contribution in [0.3, 0.4) is 0 Å². The van der Waals surface area contributed by atoms with E-state index in [1.807, 2.05) is 0 Å². The minimum absolute atomic E-state index is 0.312. The van der Waals surface area contributed by atoms with Gasteiger partial charge in [-0.2, -0.15) is 0 Å². The largest absolute Gasteiger partial charge is 0.304 e. The summed E-state index contributed by atoms with van der Waals surface area (Å²) in [5, 5.41) is 0. The van der Waals surface area contributed by atoms with Crippen LogP contribution in [0.5, 0.6) is 0 Å². The molecule has 70 valence electrons. The maximum absolute atomic E-state index is 12.6. The molecule has 0 saturated carbocycles. The molecule has 1 rings (SSSR count). The fraction of sp³-hybridized carbons (Fsp3) is 0.222. The molecule has 3 nitrogen and oxygen atoms in total. The van der Waals surface area contributed by atoms with Gasteiger partial charge in [0, 0.05) is 5.56 Å². The Morgan fingerprint density at radius 1 is 1.54 bits per heavy atom. The van der Waals surface area contributed by atoms with E-state index in [4.69, 9.17) is 5.90 Å². The summed E-state index contributed by atoms with van der Waals surface area (Å²) in [6.45, 7) is 0.312. The molecule has 0 aliphatic rings. The highest BCUT2D eigenvalue weighted by molar-refractivity contribution is 5.77. The summed E-state index contributed by atoms with van der Waals surface area (Å²) in [6.07, 6.45) is 1.12. The molecular weight excluding hydrogens is 173 g/mol. The predicted molar refractivity (Wildman–Crippen MR) is 45.6 cm³/mol. The maximum Gasteiger partial charge on any atom is 0.150 e. The summed E-state index contributed by atoms with van der Waals surface area (Å²) in [6, 6.07) is 4.05. The molecule has 0 radical (unpaired) electrons. The summed E-state index contributed by atoms with van der Waals surface area (Å²) in [4.78, 5) is 14.9. The van der Waals surface area contributed by atoms with Crippen LogP contribution in [0.25, 0.3) is 0 Å². The van der Waals surface area contributed by atoms with Crippen molar-refractivity contribution in [2.75, 3.05) is 6.61 Å². The van der Waals surface area contributed by atoms with Gasteiger partial charge in [-0.15, -0.1) is 0 Å². The quantitative estimate of drug-likeness (QED) is 0.561. The van der Waals surface area contributed by atoms with Gasteiger partial charge in [-0.25, -0.2) is 10.3 Å². The smallest absolute Gasteiger partial charge is 0.150 e. The SMILES string of the molecule is NOCCc1ccc(F)cc1C=O. The van der Waals surface area contributed by atoms with E-state index in [9.17, 15) is 9.18 Å². The predicted octanol–water partition coefficient (Wildman–Crippen LogP) is 1.07. The van der Waals surface area contributed by atoms with Crippen molar-refractivity contribution >= 4 is 6.29 Å². The monoisotopic (exact) mass is 183 g/mol.